The van der Waals surface area contributed by atoms with Gasteiger partial charge in [0.15, 0.2) is 0 Å². The van der Waals surface area contributed by atoms with Crippen molar-refractivity contribution in [3.63, 3.8) is 0 Å². The van der Waals surface area contributed by atoms with Crippen LogP contribution in [0.2, 0.25) is 10.0 Å². The highest BCUT2D eigenvalue weighted by atomic mass is 35.5. The molecule has 112 valence electrons. The van der Waals surface area contributed by atoms with Crippen molar-refractivity contribution in [1.82, 2.24) is 10.2 Å². The summed E-state index contributed by atoms with van der Waals surface area (Å²) in [4.78, 5) is 2.62. The Morgan fingerprint density at radius 3 is 2.45 bits per heavy atom. The van der Waals surface area contributed by atoms with Crippen molar-refractivity contribution in [3.05, 3.63) is 33.8 Å². The Kier molecular flexibility index (Phi) is 6.16. The van der Waals surface area contributed by atoms with Gasteiger partial charge in [0.25, 0.3) is 0 Å². The highest BCUT2D eigenvalue weighted by Gasteiger charge is 2.23. The standard InChI is InChI=1S/C16H24Cl2N2/c1-12(2)16(20-7-3-4-8-20)11-19-10-13-5-6-14(17)15(18)9-13/h5-6,9,12,16,19H,3-4,7-8,10-11H2,1-2H3. The maximum absolute atomic E-state index is 6.04. The summed E-state index contributed by atoms with van der Waals surface area (Å²) in [5, 5.41) is 4.81. The number of halogens is 2. The fourth-order valence-corrected chi connectivity index (χ4v) is 3.19. The zero-order chi connectivity index (χ0) is 14.5. The minimum atomic E-state index is 0.618. The lowest BCUT2D eigenvalue weighted by atomic mass is 10.0. The summed E-state index contributed by atoms with van der Waals surface area (Å²) in [7, 11) is 0. The fourth-order valence-electron chi connectivity index (χ4n) is 2.87. The van der Waals surface area contributed by atoms with E-state index < -0.39 is 0 Å². The Hall–Kier alpha value is -0.280. The van der Waals surface area contributed by atoms with Crippen molar-refractivity contribution in [3.8, 4) is 0 Å². The van der Waals surface area contributed by atoms with Crippen molar-refractivity contribution in [2.45, 2.75) is 39.3 Å². The van der Waals surface area contributed by atoms with Crippen molar-refractivity contribution in [2.75, 3.05) is 19.6 Å². The molecule has 1 unspecified atom stereocenters. The third-order valence-corrected chi connectivity index (χ3v) is 4.78. The van der Waals surface area contributed by atoms with Gasteiger partial charge in [-0.2, -0.15) is 0 Å². The largest absolute Gasteiger partial charge is 0.311 e. The molecule has 0 saturated carbocycles. The maximum Gasteiger partial charge on any atom is 0.0595 e. The second-order valence-corrected chi connectivity index (χ2v) is 6.75. The average Bonchev–Trinajstić information content (AvgIpc) is 2.92. The normalized spacial score (nSPS) is 17.9. The first-order valence-electron chi connectivity index (χ1n) is 7.46. The SMILES string of the molecule is CC(C)C(CNCc1ccc(Cl)c(Cl)c1)N1CCCC1. The molecule has 1 aromatic carbocycles. The molecule has 2 rings (SSSR count). The topological polar surface area (TPSA) is 15.3 Å². The van der Waals surface area contributed by atoms with Crippen LogP contribution < -0.4 is 5.32 Å². The molecule has 0 aliphatic carbocycles. The number of nitrogens with one attached hydrogen (secondary N) is 1. The first kappa shape index (κ1) is 16.1. The number of rotatable bonds is 6. The maximum atomic E-state index is 6.04. The van der Waals surface area contributed by atoms with Gasteiger partial charge in [0, 0.05) is 19.1 Å². The minimum Gasteiger partial charge on any atom is -0.311 e. The van der Waals surface area contributed by atoms with Crippen molar-refractivity contribution >= 4 is 23.2 Å². The van der Waals surface area contributed by atoms with Crippen LogP contribution in [0.4, 0.5) is 0 Å². The molecule has 0 aromatic heterocycles. The Morgan fingerprint density at radius 2 is 1.85 bits per heavy atom. The highest BCUT2D eigenvalue weighted by Crippen LogP contribution is 2.22. The van der Waals surface area contributed by atoms with Crippen LogP contribution in [0.5, 0.6) is 0 Å². The molecule has 1 aliphatic heterocycles. The molecule has 0 bridgehead atoms. The smallest absolute Gasteiger partial charge is 0.0595 e. The lowest BCUT2D eigenvalue weighted by Crippen LogP contribution is -2.44. The molecule has 1 fully saturated rings. The van der Waals surface area contributed by atoms with Gasteiger partial charge in [-0.3, -0.25) is 4.90 Å². The van der Waals surface area contributed by atoms with E-state index in [0.717, 1.165) is 13.1 Å². The summed E-state index contributed by atoms with van der Waals surface area (Å²) in [5.41, 5.74) is 1.18. The monoisotopic (exact) mass is 314 g/mol. The Balaban J connectivity index is 1.84. The van der Waals surface area contributed by atoms with Crippen LogP contribution in [-0.4, -0.2) is 30.6 Å². The van der Waals surface area contributed by atoms with E-state index in [1.54, 1.807) is 0 Å². The molecule has 0 radical (unpaired) electrons. The Bertz CT molecular complexity index is 428. The molecule has 1 atom stereocenters. The van der Waals surface area contributed by atoms with E-state index in [-0.39, 0.29) is 0 Å². The van der Waals surface area contributed by atoms with E-state index in [1.807, 2.05) is 18.2 Å². The van der Waals surface area contributed by atoms with Gasteiger partial charge in [-0.15, -0.1) is 0 Å². The summed E-state index contributed by atoms with van der Waals surface area (Å²) in [5.74, 6) is 0.675. The summed E-state index contributed by atoms with van der Waals surface area (Å²) < 4.78 is 0. The average molecular weight is 315 g/mol. The van der Waals surface area contributed by atoms with E-state index in [9.17, 15) is 0 Å². The van der Waals surface area contributed by atoms with E-state index in [1.165, 1.54) is 31.5 Å². The van der Waals surface area contributed by atoms with Crippen LogP contribution >= 0.6 is 23.2 Å². The van der Waals surface area contributed by atoms with Gasteiger partial charge < -0.3 is 5.32 Å². The number of nitrogens with zero attached hydrogens (tertiary/aromatic N) is 1. The Morgan fingerprint density at radius 1 is 1.15 bits per heavy atom. The van der Waals surface area contributed by atoms with E-state index >= 15 is 0 Å². The van der Waals surface area contributed by atoms with Gasteiger partial charge in [-0.1, -0.05) is 43.1 Å². The third-order valence-electron chi connectivity index (χ3n) is 4.05. The van der Waals surface area contributed by atoms with Gasteiger partial charge in [0.2, 0.25) is 0 Å². The Labute approximate surface area is 132 Å². The van der Waals surface area contributed by atoms with E-state index in [0.29, 0.717) is 22.0 Å². The number of hydrogen-bond acceptors (Lipinski definition) is 2. The van der Waals surface area contributed by atoms with Crippen LogP contribution in [0, 0.1) is 5.92 Å². The van der Waals surface area contributed by atoms with Gasteiger partial charge in [0.05, 0.1) is 10.0 Å². The fraction of sp³-hybridized carbons (Fsp3) is 0.625. The minimum absolute atomic E-state index is 0.618. The molecular weight excluding hydrogens is 291 g/mol. The molecule has 20 heavy (non-hydrogen) atoms. The molecule has 1 aliphatic rings. The van der Waals surface area contributed by atoms with Crippen LogP contribution in [0.1, 0.15) is 32.3 Å². The van der Waals surface area contributed by atoms with Crippen molar-refractivity contribution < 1.29 is 0 Å². The highest BCUT2D eigenvalue weighted by molar-refractivity contribution is 6.42. The van der Waals surface area contributed by atoms with Crippen LogP contribution in [0.15, 0.2) is 18.2 Å². The lowest BCUT2D eigenvalue weighted by molar-refractivity contribution is 0.186. The number of benzene rings is 1. The van der Waals surface area contributed by atoms with Gasteiger partial charge in [0.1, 0.15) is 0 Å². The number of hydrogen-bond donors (Lipinski definition) is 1. The predicted octanol–water partition coefficient (Wildman–Crippen LogP) is 4.20. The van der Waals surface area contributed by atoms with Gasteiger partial charge in [-0.25, -0.2) is 0 Å². The van der Waals surface area contributed by atoms with Crippen molar-refractivity contribution in [1.29, 1.82) is 0 Å². The molecule has 1 saturated heterocycles. The van der Waals surface area contributed by atoms with Crippen LogP contribution in [-0.2, 0) is 6.54 Å². The van der Waals surface area contributed by atoms with E-state index in [4.69, 9.17) is 23.2 Å². The lowest BCUT2D eigenvalue weighted by Gasteiger charge is -2.31. The van der Waals surface area contributed by atoms with Crippen molar-refractivity contribution in [2.24, 2.45) is 5.92 Å². The quantitative estimate of drug-likeness (QED) is 0.846. The molecule has 1 N–H and O–H groups in total. The summed E-state index contributed by atoms with van der Waals surface area (Å²) in [6.45, 7) is 8.98. The summed E-state index contributed by atoms with van der Waals surface area (Å²) in [6, 6.07) is 6.46. The molecule has 2 nitrogen and oxygen atoms in total. The first-order chi connectivity index (χ1) is 9.58. The summed E-state index contributed by atoms with van der Waals surface area (Å²) >= 11 is 12.0. The molecule has 0 spiro atoms. The second kappa shape index (κ2) is 7.65. The number of likely N-dealkylation sites (tertiary alicyclic amines) is 1. The third kappa shape index (κ3) is 4.36. The van der Waals surface area contributed by atoms with Crippen LogP contribution in [0.25, 0.3) is 0 Å². The molecule has 4 heteroatoms. The molecule has 1 aromatic rings. The van der Waals surface area contributed by atoms with Crippen LogP contribution in [0.3, 0.4) is 0 Å². The van der Waals surface area contributed by atoms with Gasteiger partial charge in [-0.05, 0) is 49.5 Å². The first-order valence-corrected chi connectivity index (χ1v) is 8.22. The molecule has 1 heterocycles. The van der Waals surface area contributed by atoms with E-state index in [2.05, 4.69) is 24.1 Å². The summed E-state index contributed by atoms with van der Waals surface area (Å²) in [6.07, 6.45) is 2.69. The predicted molar refractivity (Wildman–Crippen MR) is 87.6 cm³/mol. The second-order valence-electron chi connectivity index (χ2n) is 5.93. The molecule has 0 amide bonds. The molecular formula is C16H24Cl2N2. The van der Waals surface area contributed by atoms with Gasteiger partial charge >= 0.3 is 0 Å². The zero-order valence-electron chi connectivity index (χ0n) is 12.3. The zero-order valence-corrected chi connectivity index (χ0v) is 13.8.